The highest BCUT2D eigenvalue weighted by atomic mass is 16.5. The van der Waals surface area contributed by atoms with E-state index >= 15 is 0 Å². The highest BCUT2D eigenvalue weighted by molar-refractivity contribution is 5.94. The molecule has 0 saturated heterocycles. The van der Waals surface area contributed by atoms with Crippen LogP contribution in [0.15, 0.2) is 53.3 Å². The number of aromatic nitrogens is 2. The van der Waals surface area contributed by atoms with Crippen molar-refractivity contribution in [3.8, 4) is 11.1 Å². The van der Waals surface area contributed by atoms with Crippen molar-refractivity contribution >= 4 is 5.91 Å². The molecule has 25 heavy (non-hydrogen) atoms. The summed E-state index contributed by atoms with van der Waals surface area (Å²) in [4.78, 5) is 18.3. The van der Waals surface area contributed by atoms with Crippen molar-refractivity contribution in [1.82, 2.24) is 15.0 Å². The van der Waals surface area contributed by atoms with E-state index in [-0.39, 0.29) is 5.91 Å². The van der Waals surface area contributed by atoms with E-state index in [1.165, 1.54) is 0 Å². The molecule has 1 amide bonds. The van der Waals surface area contributed by atoms with Crippen LogP contribution in [0.4, 0.5) is 0 Å². The zero-order valence-corrected chi connectivity index (χ0v) is 14.7. The molecule has 0 fully saturated rings. The Labute approximate surface area is 147 Å². The van der Waals surface area contributed by atoms with Crippen molar-refractivity contribution in [3.63, 3.8) is 0 Å². The molecule has 5 nitrogen and oxygen atoms in total. The largest absolute Gasteiger partial charge is 0.359 e. The molecule has 0 spiro atoms. The number of nitrogens with zero attached hydrogens (tertiary/aromatic N) is 3. The number of rotatable bonds is 5. The summed E-state index contributed by atoms with van der Waals surface area (Å²) in [5, 5.41) is 3.96. The zero-order valence-electron chi connectivity index (χ0n) is 14.7. The van der Waals surface area contributed by atoms with Crippen molar-refractivity contribution in [2.75, 3.05) is 7.05 Å². The Kier molecular flexibility index (Phi) is 4.93. The standard InChI is InChI=1S/C20H21N3O2/c1-4-17-11-18(25-22-17)13-23(3)20(24)16-7-5-15(6-8-16)19-9-10-21-12-14(19)2/h5-12H,4,13H2,1-3H3. The van der Waals surface area contributed by atoms with Crippen LogP contribution in [0.3, 0.4) is 0 Å². The third kappa shape index (κ3) is 3.76. The van der Waals surface area contributed by atoms with Gasteiger partial charge < -0.3 is 9.42 Å². The summed E-state index contributed by atoms with van der Waals surface area (Å²) in [5.41, 5.74) is 4.84. The van der Waals surface area contributed by atoms with Crippen LogP contribution in [0.1, 0.15) is 34.3 Å². The first-order chi connectivity index (χ1) is 12.1. The highest BCUT2D eigenvalue weighted by Gasteiger charge is 2.14. The van der Waals surface area contributed by atoms with Gasteiger partial charge >= 0.3 is 0 Å². The van der Waals surface area contributed by atoms with Crippen LogP contribution in [0.5, 0.6) is 0 Å². The average molecular weight is 335 g/mol. The molecule has 0 unspecified atom stereocenters. The minimum absolute atomic E-state index is 0.0487. The molecular weight excluding hydrogens is 314 g/mol. The molecule has 0 aliphatic carbocycles. The van der Waals surface area contributed by atoms with Crippen molar-refractivity contribution in [2.24, 2.45) is 0 Å². The molecular formula is C20H21N3O2. The fourth-order valence-corrected chi connectivity index (χ4v) is 2.71. The van der Waals surface area contributed by atoms with Gasteiger partial charge in [-0.2, -0.15) is 0 Å². The number of aryl methyl sites for hydroxylation is 2. The number of pyridine rings is 1. The lowest BCUT2D eigenvalue weighted by Crippen LogP contribution is -2.25. The van der Waals surface area contributed by atoms with Gasteiger partial charge in [-0.15, -0.1) is 0 Å². The van der Waals surface area contributed by atoms with Crippen LogP contribution >= 0.6 is 0 Å². The first-order valence-electron chi connectivity index (χ1n) is 8.29. The minimum atomic E-state index is -0.0487. The molecule has 0 saturated carbocycles. The lowest BCUT2D eigenvalue weighted by molar-refractivity contribution is 0.0772. The van der Waals surface area contributed by atoms with Gasteiger partial charge in [0.05, 0.1) is 12.2 Å². The van der Waals surface area contributed by atoms with Crippen LogP contribution in [0, 0.1) is 6.92 Å². The van der Waals surface area contributed by atoms with Crippen LogP contribution in [-0.2, 0) is 13.0 Å². The molecule has 1 aromatic carbocycles. The fraction of sp³-hybridized carbons (Fsp3) is 0.250. The van der Waals surface area contributed by atoms with Crippen LogP contribution in [0.2, 0.25) is 0 Å². The van der Waals surface area contributed by atoms with Crippen molar-refractivity contribution in [2.45, 2.75) is 26.8 Å². The van der Waals surface area contributed by atoms with Gasteiger partial charge in [0.25, 0.3) is 5.91 Å². The Hall–Kier alpha value is -2.95. The van der Waals surface area contributed by atoms with E-state index in [4.69, 9.17) is 4.52 Å². The summed E-state index contributed by atoms with van der Waals surface area (Å²) in [6.07, 6.45) is 4.43. The van der Waals surface area contributed by atoms with Gasteiger partial charge in [0, 0.05) is 31.1 Å². The van der Waals surface area contributed by atoms with Gasteiger partial charge in [0.1, 0.15) is 0 Å². The Morgan fingerprint density at radius 1 is 1.20 bits per heavy atom. The number of carbonyl (C=O) groups excluding carboxylic acids is 1. The molecule has 2 aromatic heterocycles. The monoisotopic (exact) mass is 335 g/mol. The first-order valence-corrected chi connectivity index (χ1v) is 8.29. The second-order valence-electron chi connectivity index (χ2n) is 6.07. The normalized spacial score (nSPS) is 10.7. The van der Waals surface area contributed by atoms with E-state index in [2.05, 4.69) is 10.1 Å². The van der Waals surface area contributed by atoms with Gasteiger partial charge in [0.15, 0.2) is 5.76 Å². The molecule has 0 N–H and O–H groups in total. The summed E-state index contributed by atoms with van der Waals surface area (Å²) >= 11 is 0. The molecule has 0 bridgehead atoms. The Morgan fingerprint density at radius 2 is 1.96 bits per heavy atom. The van der Waals surface area contributed by atoms with Gasteiger partial charge in [-0.3, -0.25) is 9.78 Å². The smallest absolute Gasteiger partial charge is 0.254 e. The Morgan fingerprint density at radius 3 is 2.60 bits per heavy atom. The van der Waals surface area contributed by atoms with Crippen LogP contribution in [-0.4, -0.2) is 28.0 Å². The maximum atomic E-state index is 12.6. The third-order valence-corrected chi connectivity index (χ3v) is 4.17. The van der Waals surface area contributed by atoms with Gasteiger partial charge in [0.2, 0.25) is 0 Å². The van der Waals surface area contributed by atoms with Gasteiger partial charge in [-0.25, -0.2) is 0 Å². The van der Waals surface area contributed by atoms with E-state index in [1.54, 1.807) is 18.1 Å². The maximum absolute atomic E-state index is 12.6. The van der Waals surface area contributed by atoms with E-state index in [9.17, 15) is 4.79 Å². The molecule has 128 valence electrons. The third-order valence-electron chi connectivity index (χ3n) is 4.17. The number of amides is 1. The predicted octanol–water partition coefficient (Wildman–Crippen LogP) is 3.88. The summed E-state index contributed by atoms with van der Waals surface area (Å²) in [6, 6.07) is 11.5. The quantitative estimate of drug-likeness (QED) is 0.710. The topological polar surface area (TPSA) is 59.2 Å². The second-order valence-corrected chi connectivity index (χ2v) is 6.07. The van der Waals surface area contributed by atoms with Crippen LogP contribution < -0.4 is 0 Å². The molecule has 0 atom stereocenters. The summed E-state index contributed by atoms with van der Waals surface area (Å²) < 4.78 is 5.25. The van der Waals surface area contributed by atoms with Crippen LogP contribution in [0.25, 0.3) is 11.1 Å². The fourth-order valence-electron chi connectivity index (χ4n) is 2.71. The summed E-state index contributed by atoms with van der Waals surface area (Å²) in [5.74, 6) is 0.643. The predicted molar refractivity (Wildman–Crippen MR) is 96.1 cm³/mol. The molecule has 5 heteroatoms. The van der Waals surface area contributed by atoms with Gasteiger partial charge in [-0.05, 0) is 48.2 Å². The SMILES string of the molecule is CCc1cc(CN(C)C(=O)c2ccc(-c3ccncc3C)cc2)on1. The molecule has 3 rings (SSSR count). The average Bonchev–Trinajstić information content (AvgIpc) is 3.09. The van der Waals surface area contributed by atoms with E-state index in [0.29, 0.717) is 17.9 Å². The molecule has 0 aliphatic heterocycles. The molecule has 0 radical (unpaired) electrons. The lowest BCUT2D eigenvalue weighted by Gasteiger charge is -2.15. The zero-order chi connectivity index (χ0) is 17.8. The van der Waals surface area contributed by atoms with Gasteiger partial charge in [-0.1, -0.05) is 24.2 Å². The second kappa shape index (κ2) is 7.30. The molecule has 3 aromatic rings. The van der Waals surface area contributed by atoms with E-state index in [1.807, 2.05) is 56.4 Å². The summed E-state index contributed by atoms with van der Waals surface area (Å²) in [6.45, 7) is 4.44. The first kappa shape index (κ1) is 16.9. The van der Waals surface area contributed by atoms with Crippen molar-refractivity contribution < 1.29 is 9.32 Å². The summed E-state index contributed by atoms with van der Waals surface area (Å²) in [7, 11) is 1.76. The molecule has 0 aliphatic rings. The number of hydrogen-bond acceptors (Lipinski definition) is 4. The number of carbonyl (C=O) groups is 1. The lowest BCUT2D eigenvalue weighted by atomic mass is 10.0. The Balaban J connectivity index is 1.73. The number of hydrogen-bond donors (Lipinski definition) is 0. The highest BCUT2D eigenvalue weighted by Crippen LogP contribution is 2.23. The minimum Gasteiger partial charge on any atom is -0.359 e. The molecule has 2 heterocycles. The van der Waals surface area contributed by atoms with E-state index < -0.39 is 0 Å². The number of benzene rings is 1. The van der Waals surface area contributed by atoms with E-state index in [0.717, 1.165) is 28.8 Å². The van der Waals surface area contributed by atoms with Crippen molar-refractivity contribution in [3.05, 3.63) is 71.4 Å². The maximum Gasteiger partial charge on any atom is 0.254 e. The van der Waals surface area contributed by atoms with Crippen molar-refractivity contribution in [1.29, 1.82) is 0 Å². The Bertz CT molecular complexity index is 869.